The van der Waals surface area contributed by atoms with Crippen molar-refractivity contribution in [3.63, 3.8) is 0 Å². The number of esters is 2. The van der Waals surface area contributed by atoms with Crippen molar-refractivity contribution < 1.29 is 48.8 Å². The van der Waals surface area contributed by atoms with E-state index in [0.29, 0.717) is 54.2 Å². The molecular formula is C22H42O10S11. The third-order valence-corrected chi connectivity index (χ3v) is 15.3. The number of rotatable bonds is 36. The summed E-state index contributed by atoms with van der Waals surface area (Å²) in [5.74, 6) is 4.66. The highest BCUT2D eigenvalue weighted by molar-refractivity contribution is 8.23. The lowest BCUT2D eigenvalue weighted by molar-refractivity contribution is -0.285. The van der Waals surface area contributed by atoms with Crippen LogP contribution in [-0.4, -0.2) is 137 Å². The number of hydrogen-bond acceptors (Lipinski definition) is 21. The molecular weight excluding hydrogens is 777 g/mol. The van der Waals surface area contributed by atoms with Gasteiger partial charge in [0, 0.05) is 53.5 Å². The quantitative estimate of drug-likeness (QED) is 0.0268. The van der Waals surface area contributed by atoms with E-state index in [1.54, 1.807) is 94.1 Å². The summed E-state index contributed by atoms with van der Waals surface area (Å²) in [5, 5.41) is 22.3. The Morgan fingerprint density at radius 3 is 1.42 bits per heavy atom. The second kappa shape index (κ2) is 40.7. The van der Waals surface area contributed by atoms with Crippen LogP contribution in [0.15, 0.2) is 0 Å². The normalized spacial score (nSPS) is 11.2. The maximum absolute atomic E-state index is 11.8. The van der Waals surface area contributed by atoms with Crippen LogP contribution in [0.4, 0.5) is 0 Å². The molecule has 0 unspecified atom stereocenters. The largest absolute Gasteiger partial charge is 0.454 e. The molecule has 21 heteroatoms. The first kappa shape index (κ1) is 45.6. The van der Waals surface area contributed by atoms with Gasteiger partial charge in [0.05, 0.1) is 43.9 Å². The maximum Gasteiger partial charge on any atom is 0.316 e. The Labute approximate surface area is 302 Å². The lowest BCUT2D eigenvalue weighted by atomic mass is 10.8. The van der Waals surface area contributed by atoms with E-state index in [2.05, 4.69) is 0 Å². The second-order valence-corrected chi connectivity index (χ2v) is 20.2. The molecule has 0 spiro atoms. The molecule has 0 saturated carbocycles. The summed E-state index contributed by atoms with van der Waals surface area (Å²) >= 11 is 17.7. The standard InChI is InChI=1S/C22H42O10S11/c23-1-5-33-6-2-29-30-3-7-34-15-42-17-37-10-22(26)28-13-40-20-41-14-32-31-4-8-35-16-43-18-36-9-21(25)27-12-39-19-38-11-24/h23-24H,1-20H2. The summed E-state index contributed by atoms with van der Waals surface area (Å²) < 4.78 is 10.3. The molecule has 0 aromatic heterocycles. The van der Waals surface area contributed by atoms with Gasteiger partial charge < -0.3 is 19.7 Å². The van der Waals surface area contributed by atoms with Gasteiger partial charge in [0.2, 0.25) is 0 Å². The van der Waals surface area contributed by atoms with Gasteiger partial charge >= 0.3 is 11.9 Å². The van der Waals surface area contributed by atoms with E-state index in [-0.39, 0.29) is 24.5 Å². The second-order valence-electron chi connectivity index (χ2n) is 6.88. The molecule has 0 aliphatic rings. The maximum atomic E-state index is 11.8. The molecule has 0 heterocycles. The Morgan fingerprint density at radius 2 is 0.884 bits per heavy atom. The highest BCUT2D eigenvalue weighted by Crippen LogP contribution is 2.20. The number of thioether (sulfide) groups is 11. The Hall–Kier alpha value is 2.55. The van der Waals surface area contributed by atoms with Crippen LogP contribution in [0.2, 0.25) is 0 Å². The average molecular weight is 819 g/mol. The average Bonchev–Trinajstić information content (AvgIpc) is 3.00. The number of carbonyl (C=O) groups is 2. The van der Waals surface area contributed by atoms with E-state index in [9.17, 15) is 9.59 Å². The molecule has 0 aromatic carbocycles. The number of hydrogen-bond donors (Lipinski definition) is 2. The fourth-order valence-corrected chi connectivity index (χ4v) is 11.2. The van der Waals surface area contributed by atoms with Crippen LogP contribution in [0.3, 0.4) is 0 Å². The Balaban J connectivity index is 3.19. The Bertz CT molecular complexity index is 606. The lowest BCUT2D eigenvalue weighted by Crippen LogP contribution is -2.07. The van der Waals surface area contributed by atoms with Gasteiger partial charge in [0.15, 0.2) is 0 Å². The van der Waals surface area contributed by atoms with Gasteiger partial charge in [-0.25, -0.2) is 19.6 Å². The predicted molar refractivity (Wildman–Crippen MR) is 202 cm³/mol. The molecule has 0 atom stereocenters. The van der Waals surface area contributed by atoms with Gasteiger partial charge in [-0.15, -0.1) is 118 Å². The number of aliphatic hydroxyl groups excluding tert-OH is 2. The van der Waals surface area contributed by atoms with E-state index in [1.165, 1.54) is 35.3 Å². The number of aliphatic hydroxyl groups is 2. The van der Waals surface area contributed by atoms with Gasteiger partial charge in [-0.1, -0.05) is 0 Å². The summed E-state index contributed by atoms with van der Waals surface area (Å²) in [5.41, 5.74) is 0. The molecule has 43 heavy (non-hydrogen) atoms. The zero-order valence-corrected chi connectivity index (χ0v) is 32.8. The monoisotopic (exact) mass is 818 g/mol. The van der Waals surface area contributed by atoms with Gasteiger partial charge in [-0.05, 0) is 0 Å². The summed E-state index contributed by atoms with van der Waals surface area (Å²) in [7, 11) is 0. The number of ether oxygens (including phenoxy) is 2. The minimum absolute atomic E-state index is 0.0799. The molecule has 0 amide bonds. The first-order chi connectivity index (χ1) is 21.2. The van der Waals surface area contributed by atoms with Crippen molar-refractivity contribution in [2.75, 3.05) is 115 Å². The minimum atomic E-state index is -0.208. The zero-order chi connectivity index (χ0) is 31.3. The molecule has 0 saturated heterocycles. The molecule has 0 aliphatic heterocycles. The van der Waals surface area contributed by atoms with E-state index >= 15 is 0 Å². The summed E-state index contributed by atoms with van der Waals surface area (Å²) in [6.45, 7) is 1.76. The molecule has 0 radical (unpaired) electrons. The van der Waals surface area contributed by atoms with Crippen molar-refractivity contribution in [3.8, 4) is 0 Å². The van der Waals surface area contributed by atoms with Crippen molar-refractivity contribution >= 4 is 141 Å². The van der Waals surface area contributed by atoms with Crippen molar-refractivity contribution in [2.24, 2.45) is 0 Å². The van der Waals surface area contributed by atoms with E-state index in [1.807, 2.05) is 0 Å². The summed E-state index contributed by atoms with van der Waals surface area (Å²) in [6, 6.07) is 0. The van der Waals surface area contributed by atoms with Crippen molar-refractivity contribution in [1.29, 1.82) is 0 Å². The molecule has 2 N–H and O–H groups in total. The van der Waals surface area contributed by atoms with Crippen LogP contribution in [0.1, 0.15) is 0 Å². The van der Waals surface area contributed by atoms with Crippen molar-refractivity contribution in [2.45, 2.75) is 0 Å². The summed E-state index contributed by atoms with van der Waals surface area (Å²) in [6.07, 6.45) is 0. The number of carbonyl (C=O) groups excluding carboxylic acids is 2. The molecule has 0 fully saturated rings. The van der Waals surface area contributed by atoms with Gasteiger partial charge in [-0.2, -0.15) is 11.8 Å². The minimum Gasteiger partial charge on any atom is -0.454 e. The third-order valence-electron chi connectivity index (χ3n) is 3.60. The molecule has 0 aromatic rings. The van der Waals surface area contributed by atoms with Gasteiger partial charge in [-0.3, -0.25) is 9.59 Å². The summed E-state index contributed by atoms with van der Waals surface area (Å²) in [4.78, 5) is 43.8. The molecule has 10 nitrogen and oxygen atoms in total. The van der Waals surface area contributed by atoms with E-state index < -0.39 is 0 Å². The third kappa shape index (κ3) is 40.6. The van der Waals surface area contributed by atoms with Gasteiger partial charge in [0.1, 0.15) is 17.8 Å². The molecule has 0 aliphatic carbocycles. The first-order valence-electron chi connectivity index (χ1n) is 12.6. The Morgan fingerprint density at radius 1 is 0.442 bits per heavy atom. The molecule has 0 rings (SSSR count). The van der Waals surface area contributed by atoms with Crippen LogP contribution in [0.25, 0.3) is 0 Å². The van der Waals surface area contributed by atoms with Crippen LogP contribution < -0.4 is 0 Å². The SMILES string of the molecule is O=C(CSCSCSCCOOCSCSCOC(=O)CSCSCSCCOOCCSCCO)OCSCSCO. The zero-order valence-electron chi connectivity index (χ0n) is 23.8. The highest BCUT2D eigenvalue weighted by atomic mass is 32.2. The fourth-order valence-electron chi connectivity index (χ4n) is 1.92. The van der Waals surface area contributed by atoms with Crippen LogP contribution in [-0.2, 0) is 38.6 Å². The smallest absolute Gasteiger partial charge is 0.316 e. The Kier molecular flexibility index (Phi) is 43.1. The van der Waals surface area contributed by atoms with Crippen LogP contribution in [0, 0.1) is 0 Å². The van der Waals surface area contributed by atoms with Crippen molar-refractivity contribution in [1.82, 2.24) is 0 Å². The van der Waals surface area contributed by atoms with Crippen LogP contribution >= 0.6 is 129 Å². The fraction of sp³-hybridized carbons (Fsp3) is 0.909. The highest BCUT2D eigenvalue weighted by Gasteiger charge is 2.05. The molecule has 0 bridgehead atoms. The topological polar surface area (TPSA) is 130 Å². The molecule has 256 valence electrons. The van der Waals surface area contributed by atoms with Crippen molar-refractivity contribution in [3.05, 3.63) is 0 Å². The lowest BCUT2D eigenvalue weighted by Gasteiger charge is -2.06. The van der Waals surface area contributed by atoms with Crippen LogP contribution in [0.5, 0.6) is 0 Å². The van der Waals surface area contributed by atoms with E-state index in [0.717, 1.165) is 48.4 Å². The predicted octanol–water partition coefficient (Wildman–Crippen LogP) is 5.59. The van der Waals surface area contributed by atoms with E-state index in [4.69, 9.17) is 39.2 Å². The first-order valence-corrected chi connectivity index (χ1v) is 25.3. The van der Waals surface area contributed by atoms with Gasteiger partial charge in [0.25, 0.3) is 0 Å².